The molecule has 1 aromatic carbocycles. The van der Waals surface area contributed by atoms with E-state index in [0.29, 0.717) is 18.2 Å². The topological polar surface area (TPSA) is 101 Å². The number of anilines is 2. The average molecular weight is 470 g/mol. The van der Waals surface area contributed by atoms with Gasteiger partial charge in [0.1, 0.15) is 11.6 Å². The Morgan fingerprint density at radius 2 is 2.11 bits per heavy atom. The predicted octanol–water partition coefficient (Wildman–Crippen LogP) is 3.58. The number of nitrogens with one attached hydrogen (secondary N) is 1. The van der Waals surface area contributed by atoms with Crippen molar-refractivity contribution >= 4 is 23.2 Å². The van der Waals surface area contributed by atoms with E-state index in [1.165, 1.54) is 6.07 Å². The van der Waals surface area contributed by atoms with Gasteiger partial charge in [-0.3, -0.25) is 14.1 Å². The van der Waals surface area contributed by atoms with Crippen molar-refractivity contribution in [3.63, 3.8) is 0 Å². The van der Waals surface area contributed by atoms with E-state index in [1.807, 2.05) is 13.0 Å². The molecule has 4 heterocycles. The summed E-state index contributed by atoms with van der Waals surface area (Å²) in [5.74, 6) is 6.16. The number of hydrogen-bond donors (Lipinski definition) is 2. The molecule has 0 radical (unpaired) electrons. The lowest BCUT2D eigenvalue weighted by Gasteiger charge is -2.11. The molecule has 8 nitrogen and oxygen atoms in total. The molecule has 3 N–H and O–H groups in total. The maximum absolute atomic E-state index is 15.3. The average Bonchev–Trinajstić information content (AvgIpc) is 3.49. The minimum Gasteiger partial charge on any atom is -0.369 e. The summed E-state index contributed by atoms with van der Waals surface area (Å²) in [6.45, 7) is 4.29. The molecule has 1 fully saturated rings. The lowest BCUT2D eigenvalue weighted by Crippen LogP contribution is -2.20. The van der Waals surface area contributed by atoms with E-state index in [1.54, 1.807) is 47.1 Å². The second-order valence-corrected chi connectivity index (χ2v) is 8.36. The van der Waals surface area contributed by atoms with Crippen LogP contribution in [0.4, 0.5) is 16.2 Å². The van der Waals surface area contributed by atoms with Gasteiger partial charge in [-0.2, -0.15) is 0 Å². The molecular formula is C26H24FN7O. The molecule has 1 unspecified atom stereocenters. The predicted molar refractivity (Wildman–Crippen MR) is 132 cm³/mol. The van der Waals surface area contributed by atoms with Crippen LogP contribution in [0.3, 0.4) is 0 Å². The molecule has 0 bridgehead atoms. The number of hydrogen-bond acceptors (Lipinski definition) is 6. The van der Waals surface area contributed by atoms with E-state index >= 15 is 4.39 Å². The fourth-order valence-corrected chi connectivity index (χ4v) is 4.42. The summed E-state index contributed by atoms with van der Waals surface area (Å²) in [5.41, 5.74) is 8.28. The number of rotatable bonds is 5. The number of amides is 1. The number of pyridine rings is 1. The SMILES string of the molecule is CC#CCN1CCC(c2nc(-c3ccc(C(=O)Nc4ccccn4)cc3F)n3c(N)nccc23)C1. The molecule has 1 aliphatic rings. The molecule has 3 aromatic heterocycles. The van der Waals surface area contributed by atoms with Crippen molar-refractivity contribution in [1.82, 2.24) is 24.3 Å². The molecule has 5 rings (SSSR count). The van der Waals surface area contributed by atoms with Crippen LogP contribution in [0, 0.1) is 17.7 Å². The standard InChI is InChI=1S/C26H24FN7O/c1-2-3-13-33-14-10-18(16-33)23-21-9-12-30-26(28)34(21)24(32-23)19-8-7-17(15-20(19)27)25(35)31-22-6-4-5-11-29-22/h4-9,11-12,15,18H,10,13-14,16H2,1H3,(H2,28,30)(H,29,31,35). The van der Waals surface area contributed by atoms with Crippen LogP contribution < -0.4 is 11.1 Å². The fourth-order valence-electron chi connectivity index (χ4n) is 4.42. The number of nitrogens with zero attached hydrogens (tertiary/aromatic N) is 5. The summed E-state index contributed by atoms with van der Waals surface area (Å²) in [5, 5.41) is 2.66. The van der Waals surface area contributed by atoms with Gasteiger partial charge in [0.15, 0.2) is 5.82 Å². The summed E-state index contributed by atoms with van der Waals surface area (Å²) in [7, 11) is 0. The molecule has 1 aliphatic heterocycles. The molecule has 0 spiro atoms. The molecule has 0 aliphatic carbocycles. The number of carbonyl (C=O) groups is 1. The number of benzene rings is 1. The number of carbonyl (C=O) groups excluding carboxylic acids is 1. The third-order valence-corrected chi connectivity index (χ3v) is 6.13. The normalized spacial score (nSPS) is 15.7. The maximum Gasteiger partial charge on any atom is 0.256 e. The van der Waals surface area contributed by atoms with Gasteiger partial charge in [0.25, 0.3) is 5.91 Å². The molecule has 9 heteroatoms. The van der Waals surface area contributed by atoms with Gasteiger partial charge in [0, 0.05) is 30.4 Å². The minimum absolute atomic E-state index is 0.172. The monoisotopic (exact) mass is 469 g/mol. The Hall–Kier alpha value is -4.29. The largest absolute Gasteiger partial charge is 0.369 e. The van der Waals surface area contributed by atoms with Gasteiger partial charge in [-0.05, 0) is 56.3 Å². The van der Waals surface area contributed by atoms with Gasteiger partial charge in [-0.15, -0.1) is 5.92 Å². The third kappa shape index (κ3) is 4.44. The van der Waals surface area contributed by atoms with Crippen molar-refractivity contribution in [3.8, 4) is 23.2 Å². The van der Waals surface area contributed by atoms with Gasteiger partial charge >= 0.3 is 0 Å². The number of fused-ring (bicyclic) bond motifs is 1. The first-order chi connectivity index (χ1) is 17.0. The van der Waals surface area contributed by atoms with Crippen LogP contribution in [0.2, 0.25) is 0 Å². The first-order valence-electron chi connectivity index (χ1n) is 11.3. The van der Waals surface area contributed by atoms with Crippen LogP contribution in [0.15, 0.2) is 54.9 Å². The molecular weight excluding hydrogens is 445 g/mol. The van der Waals surface area contributed by atoms with E-state index in [0.717, 1.165) is 30.7 Å². The van der Waals surface area contributed by atoms with Gasteiger partial charge < -0.3 is 11.1 Å². The lowest BCUT2D eigenvalue weighted by atomic mass is 10.0. The Balaban J connectivity index is 1.49. The van der Waals surface area contributed by atoms with E-state index < -0.39 is 11.7 Å². The first kappa shape index (κ1) is 22.5. The van der Waals surface area contributed by atoms with Crippen LogP contribution in [0.5, 0.6) is 0 Å². The second kappa shape index (κ2) is 9.52. The van der Waals surface area contributed by atoms with Crippen molar-refractivity contribution in [1.29, 1.82) is 0 Å². The first-order valence-corrected chi connectivity index (χ1v) is 11.3. The molecule has 0 saturated carbocycles. The van der Waals surface area contributed by atoms with Gasteiger partial charge in [0.05, 0.1) is 23.3 Å². The lowest BCUT2D eigenvalue weighted by molar-refractivity contribution is 0.102. The number of imidazole rings is 1. The molecule has 35 heavy (non-hydrogen) atoms. The number of aromatic nitrogens is 4. The zero-order valence-corrected chi connectivity index (χ0v) is 19.2. The number of nitrogen functional groups attached to an aromatic ring is 1. The van der Waals surface area contributed by atoms with E-state index in [9.17, 15) is 4.79 Å². The van der Waals surface area contributed by atoms with Crippen LogP contribution >= 0.6 is 0 Å². The number of nitrogens with two attached hydrogens (primary N) is 1. The van der Waals surface area contributed by atoms with E-state index in [-0.39, 0.29) is 23.0 Å². The Morgan fingerprint density at radius 1 is 1.23 bits per heavy atom. The van der Waals surface area contributed by atoms with Crippen molar-refractivity contribution in [2.45, 2.75) is 19.3 Å². The Bertz CT molecular complexity index is 1460. The number of likely N-dealkylation sites (tertiary alicyclic amines) is 1. The van der Waals surface area contributed by atoms with Crippen molar-refractivity contribution in [3.05, 3.63) is 71.9 Å². The molecule has 1 saturated heterocycles. The Kier molecular flexibility index (Phi) is 6.12. The van der Waals surface area contributed by atoms with Crippen molar-refractivity contribution in [2.24, 2.45) is 0 Å². The highest BCUT2D eigenvalue weighted by atomic mass is 19.1. The van der Waals surface area contributed by atoms with Crippen LogP contribution in [-0.4, -0.2) is 49.8 Å². The molecule has 1 atom stereocenters. The maximum atomic E-state index is 15.3. The van der Waals surface area contributed by atoms with Gasteiger partial charge in [0.2, 0.25) is 5.95 Å². The van der Waals surface area contributed by atoms with Gasteiger partial charge in [-0.25, -0.2) is 19.3 Å². The highest BCUT2D eigenvalue weighted by Crippen LogP contribution is 2.34. The summed E-state index contributed by atoms with van der Waals surface area (Å²) < 4.78 is 17.0. The van der Waals surface area contributed by atoms with E-state index in [2.05, 4.69) is 32.0 Å². The van der Waals surface area contributed by atoms with Gasteiger partial charge in [-0.1, -0.05) is 12.0 Å². The van der Waals surface area contributed by atoms with Crippen molar-refractivity contribution in [2.75, 3.05) is 30.7 Å². The Labute approximate surface area is 202 Å². The van der Waals surface area contributed by atoms with Crippen LogP contribution in [0.1, 0.15) is 35.3 Å². The molecule has 176 valence electrons. The summed E-state index contributed by atoms with van der Waals surface area (Å²) in [6, 6.07) is 11.3. The second-order valence-electron chi connectivity index (χ2n) is 8.36. The summed E-state index contributed by atoms with van der Waals surface area (Å²) in [6.07, 6.45) is 4.13. The summed E-state index contributed by atoms with van der Waals surface area (Å²) >= 11 is 0. The quantitative estimate of drug-likeness (QED) is 0.433. The minimum atomic E-state index is -0.577. The Morgan fingerprint density at radius 3 is 2.89 bits per heavy atom. The van der Waals surface area contributed by atoms with Crippen LogP contribution in [-0.2, 0) is 0 Å². The smallest absolute Gasteiger partial charge is 0.256 e. The zero-order chi connectivity index (χ0) is 24.4. The van der Waals surface area contributed by atoms with Crippen molar-refractivity contribution < 1.29 is 9.18 Å². The fraction of sp³-hybridized carbons (Fsp3) is 0.231. The summed E-state index contributed by atoms with van der Waals surface area (Å²) in [4.78, 5) is 28.0. The third-order valence-electron chi connectivity index (χ3n) is 6.13. The number of halogens is 1. The van der Waals surface area contributed by atoms with Crippen LogP contribution in [0.25, 0.3) is 16.9 Å². The highest BCUT2D eigenvalue weighted by molar-refractivity contribution is 6.04. The zero-order valence-electron chi connectivity index (χ0n) is 19.2. The highest BCUT2D eigenvalue weighted by Gasteiger charge is 2.29. The van der Waals surface area contributed by atoms with E-state index in [4.69, 9.17) is 10.7 Å². The molecule has 1 amide bonds. The molecule has 4 aromatic rings.